The number of amides is 1. The smallest absolute Gasteiger partial charge is 0.261 e. The van der Waals surface area contributed by atoms with Crippen LogP contribution < -0.4 is 10.1 Å². The van der Waals surface area contributed by atoms with Gasteiger partial charge in [-0.2, -0.15) is 0 Å². The Morgan fingerprint density at radius 2 is 2.00 bits per heavy atom. The molecule has 2 aliphatic carbocycles. The molecular formula is C21H25NO2. The van der Waals surface area contributed by atoms with Crippen molar-refractivity contribution in [1.82, 2.24) is 5.32 Å². The van der Waals surface area contributed by atoms with Gasteiger partial charge in [0, 0.05) is 6.04 Å². The van der Waals surface area contributed by atoms with E-state index in [1.807, 2.05) is 37.3 Å². The molecule has 0 aliphatic heterocycles. The van der Waals surface area contributed by atoms with Crippen molar-refractivity contribution in [2.45, 2.75) is 51.2 Å². The number of carbonyl (C=O) groups excluding carboxylic acids is 1. The normalized spacial score (nSPS) is 26.5. The molecule has 4 unspecified atom stereocenters. The van der Waals surface area contributed by atoms with Crippen LogP contribution in [0.5, 0.6) is 5.75 Å². The third-order valence-electron chi connectivity index (χ3n) is 5.73. The van der Waals surface area contributed by atoms with E-state index in [2.05, 4.69) is 17.4 Å². The van der Waals surface area contributed by atoms with Gasteiger partial charge in [-0.25, -0.2) is 0 Å². The summed E-state index contributed by atoms with van der Waals surface area (Å²) < 4.78 is 6.01. The zero-order valence-corrected chi connectivity index (χ0v) is 14.2. The summed E-state index contributed by atoms with van der Waals surface area (Å²) in [5.74, 6) is 2.34. The van der Waals surface area contributed by atoms with Gasteiger partial charge in [0.1, 0.15) is 5.75 Å². The summed E-state index contributed by atoms with van der Waals surface area (Å²) in [6.45, 7) is 2.01. The van der Waals surface area contributed by atoms with E-state index in [1.54, 1.807) is 0 Å². The minimum atomic E-state index is -0.412. The van der Waals surface area contributed by atoms with Crippen LogP contribution in [0.15, 0.2) is 42.5 Å². The third kappa shape index (κ3) is 3.00. The van der Waals surface area contributed by atoms with E-state index in [-0.39, 0.29) is 5.91 Å². The topological polar surface area (TPSA) is 38.3 Å². The standard InChI is InChI=1S/C21H25NO2/c1-2-20(21(23)22-19-12-14-7-8-17(19)11-14)24-18-10-9-15-5-3-4-6-16(15)13-18/h3-6,9-10,13-14,17,19-20H,2,7-8,11-12H2,1H3,(H,22,23). The molecule has 0 heterocycles. The first kappa shape index (κ1) is 15.5. The average Bonchev–Trinajstić information content (AvgIpc) is 3.22. The molecule has 4 atom stereocenters. The molecule has 0 radical (unpaired) electrons. The predicted octanol–water partition coefficient (Wildman–Crippen LogP) is 4.30. The zero-order chi connectivity index (χ0) is 16.5. The van der Waals surface area contributed by atoms with E-state index in [9.17, 15) is 4.79 Å². The van der Waals surface area contributed by atoms with Crippen LogP contribution in [0.2, 0.25) is 0 Å². The third-order valence-corrected chi connectivity index (χ3v) is 5.73. The van der Waals surface area contributed by atoms with Crippen molar-refractivity contribution in [3.05, 3.63) is 42.5 Å². The summed E-state index contributed by atoms with van der Waals surface area (Å²) in [6, 6.07) is 14.6. The second kappa shape index (κ2) is 6.46. The lowest BCUT2D eigenvalue weighted by Gasteiger charge is -2.25. The van der Waals surface area contributed by atoms with Crippen molar-refractivity contribution in [1.29, 1.82) is 0 Å². The number of fused-ring (bicyclic) bond motifs is 3. The molecule has 0 saturated heterocycles. The molecule has 0 spiro atoms. The molecule has 0 aromatic heterocycles. The average molecular weight is 323 g/mol. The Labute approximate surface area is 143 Å². The van der Waals surface area contributed by atoms with Crippen molar-refractivity contribution in [2.24, 2.45) is 11.8 Å². The van der Waals surface area contributed by atoms with Crippen LogP contribution >= 0.6 is 0 Å². The van der Waals surface area contributed by atoms with Gasteiger partial charge < -0.3 is 10.1 Å². The van der Waals surface area contributed by atoms with Gasteiger partial charge in [0.15, 0.2) is 6.10 Å². The van der Waals surface area contributed by atoms with E-state index in [0.29, 0.717) is 18.4 Å². The quantitative estimate of drug-likeness (QED) is 0.891. The maximum absolute atomic E-state index is 12.6. The highest BCUT2D eigenvalue weighted by atomic mass is 16.5. The zero-order valence-electron chi connectivity index (χ0n) is 14.2. The molecule has 126 valence electrons. The second-order valence-electron chi connectivity index (χ2n) is 7.31. The van der Waals surface area contributed by atoms with E-state index in [0.717, 1.165) is 23.5 Å². The van der Waals surface area contributed by atoms with E-state index < -0.39 is 6.10 Å². The molecule has 2 fully saturated rings. The fourth-order valence-corrected chi connectivity index (χ4v) is 4.42. The largest absolute Gasteiger partial charge is 0.481 e. The highest BCUT2D eigenvalue weighted by Crippen LogP contribution is 2.44. The Kier molecular flexibility index (Phi) is 4.17. The number of carbonyl (C=O) groups is 1. The molecule has 2 saturated carbocycles. The summed E-state index contributed by atoms with van der Waals surface area (Å²) in [5, 5.41) is 5.58. The summed E-state index contributed by atoms with van der Waals surface area (Å²) in [4.78, 5) is 12.6. The molecule has 24 heavy (non-hydrogen) atoms. The monoisotopic (exact) mass is 323 g/mol. The molecule has 1 N–H and O–H groups in total. The molecule has 3 nitrogen and oxygen atoms in total. The van der Waals surface area contributed by atoms with Crippen molar-refractivity contribution in [2.75, 3.05) is 0 Å². The predicted molar refractivity (Wildman–Crippen MR) is 96.0 cm³/mol. The second-order valence-corrected chi connectivity index (χ2v) is 7.31. The fraction of sp³-hybridized carbons (Fsp3) is 0.476. The van der Waals surface area contributed by atoms with Gasteiger partial charge in [0.25, 0.3) is 5.91 Å². The van der Waals surface area contributed by atoms with E-state index in [4.69, 9.17) is 4.74 Å². The lowest BCUT2D eigenvalue weighted by atomic mass is 9.95. The number of nitrogens with one attached hydrogen (secondary N) is 1. The molecule has 2 aromatic rings. The summed E-state index contributed by atoms with van der Waals surface area (Å²) in [5.41, 5.74) is 0. The number of rotatable bonds is 5. The maximum Gasteiger partial charge on any atom is 0.261 e. The van der Waals surface area contributed by atoms with Crippen molar-refractivity contribution in [3.8, 4) is 5.75 Å². The Morgan fingerprint density at radius 1 is 1.17 bits per heavy atom. The van der Waals surface area contributed by atoms with Gasteiger partial charge in [-0.3, -0.25) is 4.79 Å². The molecule has 4 rings (SSSR count). The van der Waals surface area contributed by atoms with Gasteiger partial charge in [0.05, 0.1) is 0 Å². The Bertz CT molecular complexity index is 741. The molecule has 3 heteroatoms. The van der Waals surface area contributed by atoms with Gasteiger partial charge in [-0.1, -0.05) is 43.7 Å². The van der Waals surface area contributed by atoms with Gasteiger partial charge in [-0.05, 0) is 60.4 Å². The van der Waals surface area contributed by atoms with Crippen LogP contribution in [0.25, 0.3) is 10.8 Å². The summed E-state index contributed by atoms with van der Waals surface area (Å²) in [6.07, 6.45) is 5.35. The molecule has 2 aliphatic rings. The molecular weight excluding hydrogens is 298 g/mol. The Balaban J connectivity index is 1.43. The first-order chi connectivity index (χ1) is 11.7. The van der Waals surface area contributed by atoms with Gasteiger partial charge >= 0.3 is 0 Å². The van der Waals surface area contributed by atoms with Crippen LogP contribution in [-0.4, -0.2) is 18.1 Å². The SMILES string of the molecule is CCC(Oc1ccc2ccccc2c1)C(=O)NC1CC2CCC1C2. The van der Waals surface area contributed by atoms with Gasteiger partial charge in [-0.15, -0.1) is 0 Å². The van der Waals surface area contributed by atoms with Crippen LogP contribution in [-0.2, 0) is 4.79 Å². The first-order valence-electron chi connectivity index (χ1n) is 9.18. The number of ether oxygens (including phenoxy) is 1. The number of hydrogen-bond acceptors (Lipinski definition) is 2. The van der Waals surface area contributed by atoms with Crippen LogP contribution in [0.3, 0.4) is 0 Å². The van der Waals surface area contributed by atoms with E-state index in [1.165, 1.54) is 24.6 Å². The highest BCUT2D eigenvalue weighted by molar-refractivity contribution is 5.84. The fourth-order valence-electron chi connectivity index (χ4n) is 4.42. The van der Waals surface area contributed by atoms with Crippen LogP contribution in [0, 0.1) is 11.8 Å². The van der Waals surface area contributed by atoms with Crippen LogP contribution in [0.1, 0.15) is 39.0 Å². The minimum absolute atomic E-state index is 0.0446. The maximum atomic E-state index is 12.6. The summed E-state index contributed by atoms with van der Waals surface area (Å²) in [7, 11) is 0. The van der Waals surface area contributed by atoms with Crippen molar-refractivity contribution in [3.63, 3.8) is 0 Å². The lowest BCUT2D eigenvalue weighted by molar-refractivity contribution is -0.129. The van der Waals surface area contributed by atoms with Crippen molar-refractivity contribution < 1.29 is 9.53 Å². The molecule has 2 aromatic carbocycles. The highest BCUT2D eigenvalue weighted by Gasteiger charge is 2.40. The van der Waals surface area contributed by atoms with Gasteiger partial charge in [0.2, 0.25) is 0 Å². The summed E-state index contributed by atoms with van der Waals surface area (Å²) >= 11 is 0. The van der Waals surface area contributed by atoms with Crippen molar-refractivity contribution >= 4 is 16.7 Å². The van der Waals surface area contributed by atoms with E-state index >= 15 is 0 Å². The number of benzene rings is 2. The first-order valence-corrected chi connectivity index (χ1v) is 9.18. The number of hydrogen-bond donors (Lipinski definition) is 1. The Morgan fingerprint density at radius 3 is 2.71 bits per heavy atom. The Hall–Kier alpha value is -2.03. The van der Waals surface area contributed by atoms with Crippen LogP contribution in [0.4, 0.5) is 0 Å². The lowest BCUT2D eigenvalue weighted by Crippen LogP contribution is -2.45. The molecule has 2 bridgehead atoms. The molecule has 1 amide bonds. The minimum Gasteiger partial charge on any atom is -0.481 e.